The van der Waals surface area contributed by atoms with E-state index in [0.717, 1.165) is 5.56 Å². The highest BCUT2D eigenvalue weighted by Crippen LogP contribution is 2.25. The van der Waals surface area contributed by atoms with Crippen molar-refractivity contribution in [1.29, 1.82) is 0 Å². The summed E-state index contributed by atoms with van der Waals surface area (Å²) < 4.78 is 10.2. The highest BCUT2D eigenvalue weighted by atomic mass is 35.5. The van der Waals surface area contributed by atoms with Crippen LogP contribution in [0.1, 0.15) is 25.2 Å². The fourth-order valence-electron chi connectivity index (χ4n) is 1.64. The summed E-state index contributed by atoms with van der Waals surface area (Å²) in [6, 6.07) is 7.08. The van der Waals surface area contributed by atoms with Crippen LogP contribution >= 0.6 is 11.6 Å². The smallest absolute Gasteiger partial charge is 0.220 e. The molecule has 0 saturated carbocycles. The van der Waals surface area contributed by atoms with Crippen molar-refractivity contribution in [2.75, 3.05) is 20.0 Å². The molecule has 0 amide bonds. The van der Waals surface area contributed by atoms with Gasteiger partial charge in [0.2, 0.25) is 11.8 Å². The Hall–Kier alpha value is -2.01. The van der Waals surface area contributed by atoms with Crippen molar-refractivity contribution >= 4 is 17.3 Å². The first-order valence-corrected chi connectivity index (χ1v) is 7.00. The molecule has 0 aliphatic rings. The fourth-order valence-corrected chi connectivity index (χ4v) is 1.84. The van der Waals surface area contributed by atoms with Crippen molar-refractivity contribution in [3.05, 3.63) is 40.7 Å². The zero-order chi connectivity index (χ0) is 15.8. The van der Waals surface area contributed by atoms with E-state index in [4.69, 9.17) is 26.8 Å². The number of nitrogen functional groups attached to an aromatic ring is 1. The normalized spacial score (nSPS) is 9.57. The van der Waals surface area contributed by atoms with Crippen LogP contribution in [0.3, 0.4) is 0 Å². The summed E-state index contributed by atoms with van der Waals surface area (Å²) in [6.45, 7) is 4.00. The molecule has 1 heterocycles. The van der Waals surface area contributed by atoms with E-state index in [1.807, 2.05) is 26.0 Å². The number of halogens is 1. The molecular formula is C15H20ClN3O2. The van der Waals surface area contributed by atoms with Gasteiger partial charge in [-0.3, -0.25) is 0 Å². The van der Waals surface area contributed by atoms with Crippen LogP contribution in [0.2, 0.25) is 5.02 Å². The Morgan fingerprint density at radius 3 is 2.19 bits per heavy atom. The van der Waals surface area contributed by atoms with Crippen molar-refractivity contribution < 1.29 is 9.47 Å². The first-order chi connectivity index (χ1) is 10.1. The molecule has 1 aromatic carbocycles. The third-order valence-electron chi connectivity index (χ3n) is 2.64. The Morgan fingerprint density at radius 1 is 1.10 bits per heavy atom. The Morgan fingerprint density at radius 2 is 1.67 bits per heavy atom. The zero-order valence-corrected chi connectivity index (χ0v) is 13.4. The number of rotatable bonds is 4. The van der Waals surface area contributed by atoms with E-state index in [9.17, 15) is 0 Å². The summed E-state index contributed by atoms with van der Waals surface area (Å²) in [5.41, 5.74) is 7.32. The zero-order valence-electron chi connectivity index (χ0n) is 12.7. The highest BCUT2D eigenvalue weighted by Gasteiger charge is 2.09. The molecule has 0 unspecified atom stereocenters. The van der Waals surface area contributed by atoms with Gasteiger partial charge in [0.25, 0.3) is 0 Å². The molecule has 1 aromatic heterocycles. The summed E-state index contributed by atoms with van der Waals surface area (Å²) in [7, 11) is 3.08. The monoisotopic (exact) mass is 309 g/mol. The summed E-state index contributed by atoms with van der Waals surface area (Å²) in [5.74, 6) is 1.45. The molecule has 2 aromatic rings. The molecule has 0 aliphatic heterocycles. The van der Waals surface area contributed by atoms with E-state index in [-0.39, 0.29) is 0 Å². The second-order valence-corrected chi connectivity index (χ2v) is 4.27. The quantitative estimate of drug-likeness (QED) is 0.877. The molecule has 0 bridgehead atoms. The molecule has 2 N–H and O–H groups in total. The van der Waals surface area contributed by atoms with Gasteiger partial charge in [-0.1, -0.05) is 37.6 Å². The number of benzene rings is 1. The lowest BCUT2D eigenvalue weighted by molar-refractivity contribution is 0.369. The van der Waals surface area contributed by atoms with Gasteiger partial charge in [0.1, 0.15) is 5.82 Å². The Bertz CT molecular complexity index is 569. The molecule has 5 nitrogen and oxygen atoms in total. The van der Waals surface area contributed by atoms with Crippen molar-refractivity contribution in [3.63, 3.8) is 0 Å². The van der Waals surface area contributed by atoms with Crippen LogP contribution in [0.15, 0.2) is 24.3 Å². The second-order valence-electron chi connectivity index (χ2n) is 3.86. The maximum absolute atomic E-state index is 5.98. The number of anilines is 1. The molecular weight excluding hydrogens is 290 g/mol. The number of nitrogens with zero attached hydrogens (tertiary/aromatic N) is 2. The Labute approximate surface area is 130 Å². The molecule has 0 fully saturated rings. The van der Waals surface area contributed by atoms with Gasteiger partial charge in [-0.25, -0.2) is 0 Å². The van der Waals surface area contributed by atoms with E-state index >= 15 is 0 Å². The Balaban J connectivity index is 0.00000106. The van der Waals surface area contributed by atoms with Crippen molar-refractivity contribution in [1.82, 2.24) is 9.97 Å². The van der Waals surface area contributed by atoms with Crippen LogP contribution in [-0.2, 0) is 6.42 Å². The number of para-hydroxylation sites is 1. The number of hydrogen-bond donors (Lipinski definition) is 1. The van der Waals surface area contributed by atoms with E-state index < -0.39 is 0 Å². The van der Waals surface area contributed by atoms with E-state index in [0.29, 0.717) is 34.7 Å². The van der Waals surface area contributed by atoms with Gasteiger partial charge >= 0.3 is 0 Å². The molecule has 114 valence electrons. The van der Waals surface area contributed by atoms with Gasteiger partial charge in [-0.05, 0) is 11.6 Å². The van der Waals surface area contributed by atoms with Crippen LogP contribution in [0.5, 0.6) is 11.8 Å². The van der Waals surface area contributed by atoms with Crippen LogP contribution in [0.4, 0.5) is 5.69 Å². The SMILES string of the molecule is CC.COc1cc(OC)nc(Cc2cccc(Cl)c2N)n1. The lowest BCUT2D eigenvalue weighted by atomic mass is 10.1. The topological polar surface area (TPSA) is 70.3 Å². The van der Waals surface area contributed by atoms with E-state index in [2.05, 4.69) is 9.97 Å². The van der Waals surface area contributed by atoms with Crippen LogP contribution < -0.4 is 15.2 Å². The summed E-state index contributed by atoms with van der Waals surface area (Å²) in [4.78, 5) is 8.51. The van der Waals surface area contributed by atoms with Crippen LogP contribution in [0.25, 0.3) is 0 Å². The minimum atomic E-state index is 0.447. The molecule has 2 rings (SSSR count). The lowest BCUT2D eigenvalue weighted by Crippen LogP contribution is -2.03. The van der Waals surface area contributed by atoms with E-state index in [1.165, 1.54) is 0 Å². The molecule has 21 heavy (non-hydrogen) atoms. The van der Waals surface area contributed by atoms with Gasteiger partial charge in [0.05, 0.1) is 31.0 Å². The fraction of sp³-hybridized carbons (Fsp3) is 0.333. The van der Waals surface area contributed by atoms with Crippen molar-refractivity contribution in [3.8, 4) is 11.8 Å². The molecule has 0 aliphatic carbocycles. The molecule has 6 heteroatoms. The Kier molecular flexibility index (Phi) is 6.75. The minimum absolute atomic E-state index is 0.447. The second kappa shape index (κ2) is 8.32. The maximum atomic E-state index is 5.98. The van der Waals surface area contributed by atoms with Gasteiger partial charge in [-0.15, -0.1) is 0 Å². The van der Waals surface area contributed by atoms with Crippen LogP contribution in [0, 0.1) is 0 Å². The summed E-state index contributed by atoms with van der Waals surface area (Å²) in [6.07, 6.45) is 0.458. The summed E-state index contributed by atoms with van der Waals surface area (Å²) >= 11 is 5.98. The number of hydrogen-bond acceptors (Lipinski definition) is 5. The van der Waals surface area contributed by atoms with Crippen molar-refractivity contribution in [2.24, 2.45) is 0 Å². The predicted molar refractivity (Wildman–Crippen MR) is 85.2 cm³/mol. The molecule has 0 saturated heterocycles. The summed E-state index contributed by atoms with van der Waals surface area (Å²) in [5, 5.41) is 0.521. The average Bonchev–Trinajstić information content (AvgIpc) is 2.53. The highest BCUT2D eigenvalue weighted by molar-refractivity contribution is 6.33. The molecule has 0 radical (unpaired) electrons. The van der Waals surface area contributed by atoms with Gasteiger partial charge in [0.15, 0.2) is 0 Å². The predicted octanol–water partition coefficient (Wildman–Crippen LogP) is 3.35. The molecule has 0 atom stereocenters. The van der Waals surface area contributed by atoms with Crippen LogP contribution in [-0.4, -0.2) is 24.2 Å². The van der Waals surface area contributed by atoms with Crippen molar-refractivity contribution in [2.45, 2.75) is 20.3 Å². The lowest BCUT2D eigenvalue weighted by Gasteiger charge is -2.08. The maximum Gasteiger partial charge on any atom is 0.220 e. The van der Waals surface area contributed by atoms with Gasteiger partial charge in [-0.2, -0.15) is 9.97 Å². The average molecular weight is 310 g/mol. The first kappa shape index (κ1) is 17.0. The largest absolute Gasteiger partial charge is 0.481 e. The number of ether oxygens (including phenoxy) is 2. The number of nitrogens with two attached hydrogens (primary N) is 1. The minimum Gasteiger partial charge on any atom is -0.481 e. The number of methoxy groups -OCH3 is 2. The third kappa shape index (κ3) is 4.49. The third-order valence-corrected chi connectivity index (χ3v) is 2.97. The number of aromatic nitrogens is 2. The standard InChI is InChI=1S/C13H14ClN3O2.C2H6/c1-18-11-7-12(19-2)17-10(16-11)6-8-4-3-5-9(14)13(8)15;1-2/h3-5,7H,6,15H2,1-2H3;1-2H3. The first-order valence-electron chi connectivity index (χ1n) is 6.63. The van der Waals surface area contributed by atoms with E-state index in [1.54, 1.807) is 26.4 Å². The molecule has 0 spiro atoms. The van der Waals surface area contributed by atoms with Gasteiger partial charge < -0.3 is 15.2 Å². The van der Waals surface area contributed by atoms with Gasteiger partial charge in [0, 0.05) is 6.42 Å².